The van der Waals surface area contributed by atoms with Crippen LogP contribution in [-0.2, 0) is 4.79 Å². The zero-order valence-electron chi connectivity index (χ0n) is 16.3. The summed E-state index contributed by atoms with van der Waals surface area (Å²) in [6.07, 6.45) is 6.08. The third-order valence-corrected chi connectivity index (χ3v) is 6.74. The summed E-state index contributed by atoms with van der Waals surface area (Å²) in [6, 6.07) is 12.3. The molecule has 0 aliphatic carbocycles. The smallest absolute Gasteiger partial charge is 0.281 e. The molecule has 7 heteroatoms. The average molecular weight is 410 g/mol. The lowest BCUT2D eigenvalue weighted by atomic mass is 9.91. The van der Waals surface area contributed by atoms with E-state index in [-0.39, 0.29) is 5.91 Å². The SMILES string of the molecule is CC(=O)N1[C@@H]2CC[C@H]1CC(COc1ccc(Oc3nc4ncccc4s3)cc1)C2. The van der Waals surface area contributed by atoms with Crippen molar-refractivity contribution in [3.63, 3.8) is 0 Å². The van der Waals surface area contributed by atoms with E-state index in [4.69, 9.17) is 9.47 Å². The van der Waals surface area contributed by atoms with Crippen LogP contribution in [0.4, 0.5) is 0 Å². The summed E-state index contributed by atoms with van der Waals surface area (Å²) in [5.41, 5.74) is 0.706. The van der Waals surface area contributed by atoms with Gasteiger partial charge in [-0.25, -0.2) is 4.98 Å². The van der Waals surface area contributed by atoms with Gasteiger partial charge in [0, 0.05) is 25.2 Å². The van der Waals surface area contributed by atoms with Crippen molar-refractivity contribution in [3.05, 3.63) is 42.6 Å². The lowest BCUT2D eigenvalue weighted by molar-refractivity contribution is -0.134. The van der Waals surface area contributed by atoms with Crippen LogP contribution in [0.2, 0.25) is 0 Å². The fraction of sp³-hybridized carbons (Fsp3) is 0.409. The first-order chi connectivity index (χ1) is 14.2. The lowest BCUT2D eigenvalue weighted by Gasteiger charge is -2.38. The van der Waals surface area contributed by atoms with Crippen LogP contribution in [0, 0.1) is 5.92 Å². The zero-order valence-corrected chi connectivity index (χ0v) is 17.1. The molecule has 150 valence electrons. The maximum atomic E-state index is 11.8. The van der Waals surface area contributed by atoms with Gasteiger partial charge in [0.05, 0.1) is 11.3 Å². The quantitative estimate of drug-likeness (QED) is 0.614. The van der Waals surface area contributed by atoms with Crippen LogP contribution in [0.25, 0.3) is 10.3 Å². The normalized spacial score (nSPS) is 23.3. The lowest BCUT2D eigenvalue weighted by Crippen LogP contribution is -2.46. The van der Waals surface area contributed by atoms with Gasteiger partial charge >= 0.3 is 0 Å². The number of thiazole rings is 1. The Kier molecular flexibility index (Phi) is 4.83. The van der Waals surface area contributed by atoms with Gasteiger partial charge in [0.25, 0.3) is 5.19 Å². The molecule has 0 radical (unpaired) electrons. The van der Waals surface area contributed by atoms with Gasteiger partial charge < -0.3 is 14.4 Å². The van der Waals surface area contributed by atoms with Crippen molar-refractivity contribution in [1.82, 2.24) is 14.9 Å². The van der Waals surface area contributed by atoms with Crippen molar-refractivity contribution in [2.45, 2.75) is 44.7 Å². The molecular formula is C22H23N3O3S. The number of hydrogen-bond donors (Lipinski definition) is 0. The average Bonchev–Trinajstić information content (AvgIpc) is 3.25. The highest BCUT2D eigenvalue weighted by atomic mass is 32.1. The predicted molar refractivity (Wildman–Crippen MR) is 111 cm³/mol. The van der Waals surface area contributed by atoms with Crippen molar-refractivity contribution < 1.29 is 14.3 Å². The number of benzene rings is 1. The molecular weight excluding hydrogens is 386 g/mol. The highest BCUT2D eigenvalue weighted by Crippen LogP contribution is 2.39. The summed E-state index contributed by atoms with van der Waals surface area (Å²) in [6.45, 7) is 2.39. The van der Waals surface area contributed by atoms with Gasteiger partial charge in [-0.05, 0) is 68.0 Å². The van der Waals surface area contributed by atoms with E-state index in [2.05, 4.69) is 14.9 Å². The third kappa shape index (κ3) is 3.79. The topological polar surface area (TPSA) is 64.6 Å². The molecule has 0 saturated carbocycles. The second-order valence-electron chi connectivity index (χ2n) is 7.84. The molecule has 3 atom stereocenters. The monoisotopic (exact) mass is 409 g/mol. The number of rotatable bonds is 5. The molecule has 2 aliphatic heterocycles. The van der Waals surface area contributed by atoms with Crippen LogP contribution in [0.1, 0.15) is 32.6 Å². The number of hydrogen-bond acceptors (Lipinski definition) is 6. The number of fused-ring (bicyclic) bond motifs is 3. The fourth-order valence-electron chi connectivity index (χ4n) is 4.65. The molecule has 4 heterocycles. The standard InChI is InChI=1S/C22H23N3O3S/c1-14(26)25-16-4-5-17(25)12-15(11-16)13-27-18-6-8-19(9-7-18)28-22-24-21-20(29-22)3-2-10-23-21/h2-3,6-10,15-17H,4-5,11-13H2,1H3/t15?,16-,17+. The summed E-state index contributed by atoms with van der Waals surface area (Å²) in [5.74, 6) is 2.29. The summed E-state index contributed by atoms with van der Waals surface area (Å²) < 4.78 is 12.9. The van der Waals surface area contributed by atoms with Crippen LogP contribution >= 0.6 is 11.3 Å². The van der Waals surface area contributed by atoms with Gasteiger partial charge in [-0.3, -0.25) is 4.79 Å². The first-order valence-corrected chi connectivity index (χ1v) is 10.9. The Morgan fingerprint density at radius 3 is 2.55 bits per heavy atom. The van der Waals surface area contributed by atoms with Crippen LogP contribution in [0.3, 0.4) is 0 Å². The van der Waals surface area contributed by atoms with Crippen molar-refractivity contribution in [3.8, 4) is 16.7 Å². The minimum absolute atomic E-state index is 0.219. The first-order valence-electron chi connectivity index (χ1n) is 10.1. The van der Waals surface area contributed by atoms with E-state index in [1.807, 2.05) is 36.4 Å². The van der Waals surface area contributed by atoms with E-state index in [0.717, 1.165) is 41.9 Å². The summed E-state index contributed by atoms with van der Waals surface area (Å²) in [4.78, 5) is 22.6. The summed E-state index contributed by atoms with van der Waals surface area (Å²) >= 11 is 1.48. The number of carbonyl (C=O) groups is 1. The molecule has 0 spiro atoms. The minimum atomic E-state index is 0.219. The predicted octanol–water partition coefficient (Wildman–Crippen LogP) is 4.65. The number of piperidine rings is 1. The van der Waals surface area contributed by atoms with E-state index >= 15 is 0 Å². The van der Waals surface area contributed by atoms with Crippen molar-refractivity contribution >= 4 is 27.6 Å². The highest BCUT2D eigenvalue weighted by Gasteiger charge is 2.42. The molecule has 6 nitrogen and oxygen atoms in total. The highest BCUT2D eigenvalue weighted by molar-refractivity contribution is 7.20. The van der Waals surface area contributed by atoms with E-state index in [9.17, 15) is 4.79 Å². The van der Waals surface area contributed by atoms with Gasteiger partial charge in [0.1, 0.15) is 11.5 Å². The van der Waals surface area contributed by atoms with E-state index in [1.54, 1.807) is 13.1 Å². The number of carbonyl (C=O) groups excluding carboxylic acids is 1. The zero-order chi connectivity index (χ0) is 19.8. The molecule has 1 unspecified atom stereocenters. The van der Waals surface area contributed by atoms with E-state index < -0.39 is 0 Å². The van der Waals surface area contributed by atoms with Crippen LogP contribution < -0.4 is 9.47 Å². The van der Waals surface area contributed by atoms with Gasteiger partial charge in [-0.1, -0.05) is 11.3 Å². The molecule has 2 fully saturated rings. The van der Waals surface area contributed by atoms with Crippen LogP contribution in [0.5, 0.6) is 16.7 Å². The third-order valence-electron chi connectivity index (χ3n) is 5.85. The molecule has 2 bridgehead atoms. The molecule has 2 aliphatic rings. The van der Waals surface area contributed by atoms with Gasteiger partial charge in [-0.2, -0.15) is 4.98 Å². The number of ether oxygens (including phenoxy) is 2. The van der Waals surface area contributed by atoms with Crippen LogP contribution in [0.15, 0.2) is 42.6 Å². The number of nitrogens with zero attached hydrogens (tertiary/aromatic N) is 3. The van der Waals surface area contributed by atoms with Gasteiger partial charge in [-0.15, -0.1) is 0 Å². The number of pyridine rings is 1. The van der Waals surface area contributed by atoms with Crippen molar-refractivity contribution in [2.24, 2.45) is 5.92 Å². The van der Waals surface area contributed by atoms with Crippen molar-refractivity contribution in [2.75, 3.05) is 6.61 Å². The van der Waals surface area contributed by atoms with Crippen molar-refractivity contribution in [1.29, 1.82) is 0 Å². The van der Waals surface area contributed by atoms with Gasteiger partial charge in [0.2, 0.25) is 5.91 Å². The Morgan fingerprint density at radius 1 is 1.14 bits per heavy atom. The first kappa shape index (κ1) is 18.4. The Bertz CT molecular complexity index is 973. The Labute approximate surface area is 173 Å². The molecule has 1 aromatic carbocycles. The Hall–Kier alpha value is -2.67. The number of amides is 1. The molecule has 29 heavy (non-hydrogen) atoms. The second-order valence-corrected chi connectivity index (χ2v) is 8.83. The molecule has 0 N–H and O–H groups in total. The van der Waals surface area contributed by atoms with E-state index in [0.29, 0.717) is 35.4 Å². The molecule has 3 aromatic rings. The molecule has 5 rings (SSSR count). The molecule has 2 aromatic heterocycles. The maximum absolute atomic E-state index is 11.8. The summed E-state index contributed by atoms with van der Waals surface area (Å²) in [7, 11) is 0. The Morgan fingerprint density at radius 2 is 1.86 bits per heavy atom. The van der Waals surface area contributed by atoms with Gasteiger partial charge in [0.15, 0.2) is 5.65 Å². The maximum Gasteiger partial charge on any atom is 0.281 e. The summed E-state index contributed by atoms with van der Waals surface area (Å²) in [5, 5.41) is 0.583. The largest absolute Gasteiger partial charge is 0.493 e. The van der Waals surface area contributed by atoms with Crippen LogP contribution in [-0.4, -0.2) is 39.5 Å². The van der Waals surface area contributed by atoms with E-state index in [1.165, 1.54) is 11.3 Å². The molecule has 2 saturated heterocycles. The Balaban J connectivity index is 1.17. The number of aromatic nitrogens is 2. The fourth-order valence-corrected chi connectivity index (χ4v) is 5.45. The minimum Gasteiger partial charge on any atom is -0.493 e. The molecule has 1 amide bonds. The second kappa shape index (κ2) is 7.63.